The van der Waals surface area contributed by atoms with Crippen LogP contribution in [-0.4, -0.2) is 18.0 Å². The van der Waals surface area contributed by atoms with E-state index in [1.165, 1.54) is 31.4 Å². The highest BCUT2D eigenvalue weighted by atomic mass is 19.1. The van der Waals surface area contributed by atoms with Gasteiger partial charge < -0.3 is 10.6 Å². The summed E-state index contributed by atoms with van der Waals surface area (Å²) >= 11 is 0. The number of halogens is 1. The van der Waals surface area contributed by atoms with Crippen molar-refractivity contribution in [3.63, 3.8) is 0 Å². The lowest BCUT2D eigenvalue weighted by Crippen LogP contribution is -2.57. The predicted molar refractivity (Wildman–Crippen MR) is 80.3 cm³/mol. The van der Waals surface area contributed by atoms with E-state index in [0.717, 1.165) is 25.1 Å². The zero-order chi connectivity index (χ0) is 14.2. The molecule has 20 heavy (non-hydrogen) atoms. The number of nitrogens with two attached hydrogens (primary N) is 1. The molecule has 0 aromatic heterocycles. The fourth-order valence-corrected chi connectivity index (χ4v) is 3.95. The molecule has 1 aliphatic heterocycles. The molecule has 1 aliphatic carbocycles. The van der Waals surface area contributed by atoms with E-state index in [9.17, 15) is 4.39 Å². The van der Waals surface area contributed by atoms with Crippen LogP contribution in [0.2, 0.25) is 0 Å². The number of guanidine groups is 1. The van der Waals surface area contributed by atoms with Gasteiger partial charge >= 0.3 is 0 Å². The molecule has 1 heterocycles. The zero-order valence-corrected chi connectivity index (χ0v) is 12.0. The summed E-state index contributed by atoms with van der Waals surface area (Å²) in [5.41, 5.74) is 7.13. The molecule has 1 aromatic carbocycles. The highest BCUT2D eigenvalue weighted by Gasteiger charge is 2.49. The maximum atomic E-state index is 13.2. The van der Waals surface area contributed by atoms with Crippen LogP contribution >= 0.6 is 0 Å². The van der Waals surface area contributed by atoms with E-state index >= 15 is 0 Å². The van der Waals surface area contributed by atoms with E-state index in [1.54, 1.807) is 0 Å². The molecule has 0 radical (unpaired) electrons. The van der Waals surface area contributed by atoms with E-state index < -0.39 is 0 Å². The molecule has 4 heteroatoms. The number of aliphatic imine (C=N–C) groups is 1. The summed E-state index contributed by atoms with van der Waals surface area (Å²) in [5.74, 6) is 0.969. The van der Waals surface area contributed by atoms with Crippen molar-refractivity contribution < 1.29 is 4.39 Å². The van der Waals surface area contributed by atoms with Gasteiger partial charge in [0.25, 0.3) is 0 Å². The van der Waals surface area contributed by atoms with Gasteiger partial charge in [0.2, 0.25) is 0 Å². The van der Waals surface area contributed by atoms with Crippen LogP contribution < -0.4 is 10.6 Å². The first-order valence-corrected chi connectivity index (χ1v) is 7.53. The van der Waals surface area contributed by atoms with Crippen LogP contribution in [0.4, 0.5) is 10.1 Å². The summed E-state index contributed by atoms with van der Waals surface area (Å²) in [6.45, 7) is 3.02. The molecule has 108 valence electrons. The van der Waals surface area contributed by atoms with Crippen LogP contribution in [0.3, 0.4) is 0 Å². The standard InChI is InChI=1S/C16H22FN3/c1-2-12-5-3-4-10-16(12)11-19-15(18)20(16)14-8-6-13(17)7-9-14/h6-9,12H,2-5,10-11H2,1H3,(H2,18,19). The van der Waals surface area contributed by atoms with Gasteiger partial charge in [0.15, 0.2) is 5.96 Å². The second-order valence-electron chi connectivity index (χ2n) is 5.94. The monoisotopic (exact) mass is 275 g/mol. The van der Waals surface area contributed by atoms with Gasteiger partial charge in [-0.15, -0.1) is 0 Å². The molecule has 0 saturated heterocycles. The van der Waals surface area contributed by atoms with Gasteiger partial charge in [-0.3, -0.25) is 4.99 Å². The number of hydrogen-bond acceptors (Lipinski definition) is 3. The topological polar surface area (TPSA) is 41.6 Å². The Hall–Kier alpha value is -1.58. The number of rotatable bonds is 2. The minimum Gasteiger partial charge on any atom is -0.369 e. The molecule has 1 saturated carbocycles. The van der Waals surface area contributed by atoms with Crippen LogP contribution in [0.25, 0.3) is 0 Å². The van der Waals surface area contributed by atoms with E-state index in [2.05, 4.69) is 16.8 Å². The van der Waals surface area contributed by atoms with Gasteiger partial charge in [0.1, 0.15) is 5.82 Å². The van der Waals surface area contributed by atoms with Gasteiger partial charge in [-0.1, -0.05) is 26.2 Å². The van der Waals surface area contributed by atoms with Crippen LogP contribution in [0.1, 0.15) is 39.0 Å². The molecule has 2 N–H and O–H groups in total. The van der Waals surface area contributed by atoms with Crippen molar-refractivity contribution in [1.82, 2.24) is 0 Å². The second kappa shape index (κ2) is 5.08. The van der Waals surface area contributed by atoms with Crippen molar-refractivity contribution in [2.45, 2.75) is 44.6 Å². The van der Waals surface area contributed by atoms with Crippen LogP contribution in [0.5, 0.6) is 0 Å². The van der Waals surface area contributed by atoms with Crippen molar-refractivity contribution in [3.8, 4) is 0 Å². The summed E-state index contributed by atoms with van der Waals surface area (Å²) in [6.07, 6.45) is 6.00. The van der Waals surface area contributed by atoms with Crippen LogP contribution in [-0.2, 0) is 0 Å². The first kappa shape index (κ1) is 13.4. The van der Waals surface area contributed by atoms with Gasteiger partial charge in [0.05, 0.1) is 12.1 Å². The molecule has 2 atom stereocenters. The number of nitrogens with zero attached hydrogens (tertiary/aromatic N) is 2. The Bertz CT molecular complexity index is 511. The fourth-order valence-electron chi connectivity index (χ4n) is 3.95. The third-order valence-electron chi connectivity index (χ3n) is 4.94. The lowest BCUT2D eigenvalue weighted by molar-refractivity contribution is 0.201. The minimum atomic E-state index is -0.215. The highest BCUT2D eigenvalue weighted by molar-refractivity contribution is 5.98. The van der Waals surface area contributed by atoms with Crippen molar-refractivity contribution >= 4 is 11.6 Å². The average molecular weight is 275 g/mol. The fraction of sp³-hybridized carbons (Fsp3) is 0.562. The van der Waals surface area contributed by atoms with Gasteiger partial charge in [-0.05, 0) is 43.0 Å². The first-order valence-electron chi connectivity index (χ1n) is 7.53. The largest absolute Gasteiger partial charge is 0.369 e. The molecule has 2 unspecified atom stereocenters. The number of hydrogen-bond donors (Lipinski definition) is 1. The first-order chi connectivity index (χ1) is 9.67. The maximum Gasteiger partial charge on any atom is 0.196 e. The van der Waals surface area contributed by atoms with E-state index in [1.807, 2.05) is 12.1 Å². The summed E-state index contributed by atoms with van der Waals surface area (Å²) in [7, 11) is 0. The highest BCUT2D eigenvalue weighted by Crippen LogP contribution is 2.44. The van der Waals surface area contributed by atoms with E-state index in [0.29, 0.717) is 11.9 Å². The Morgan fingerprint density at radius 3 is 2.80 bits per heavy atom. The molecule has 1 spiro atoms. The molecule has 0 bridgehead atoms. The molecule has 1 aromatic rings. The lowest BCUT2D eigenvalue weighted by atomic mass is 9.70. The third kappa shape index (κ3) is 1.98. The Balaban J connectivity index is 2.00. The SMILES string of the molecule is CCC1CCCCC12CN=C(N)N2c1ccc(F)cc1. The molecular formula is C16H22FN3. The smallest absolute Gasteiger partial charge is 0.196 e. The van der Waals surface area contributed by atoms with Crippen molar-refractivity contribution in [1.29, 1.82) is 0 Å². The molecule has 2 aliphatic rings. The summed E-state index contributed by atoms with van der Waals surface area (Å²) in [4.78, 5) is 6.68. The number of anilines is 1. The van der Waals surface area contributed by atoms with Crippen molar-refractivity contribution in [2.75, 3.05) is 11.4 Å². The lowest BCUT2D eigenvalue weighted by Gasteiger charge is -2.47. The second-order valence-corrected chi connectivity index (χ2v) is 5.94. The van der Waals surface area contributed by atoms with Gasteiger partial charge in [-0.25, -0.2) is 4.39 Å². The normalized spacial score (nSPS) is 29.8. The Kier molecular flexibility index (Phi) is 3.40. The van der Waals surface area contributed by atoms with Crippen LogP contribution in [0.15, 0.2) is 29.3 Å². The maximum absolute atomic E-state index is 13.2. The van der Waals surface area contributed by atoms with Gasteiger partial charge in [0, 0.05) is 5.69 Å². The minimum absolute atomic E-state index is 0.00884. The summed E-state index contributed by atoms with van der Waals surface area (Å²) in [5, 5.41) is 0. The molecular weight excluding hydrogens is 253 g/mol. The summed E-state index contributed by atoms with van der Waals surface area (Å²) < 4.78 is 13.2. The quantitative estimate of drug-likeness (QED) is 0.899. The summed E-state index contributed by atoms with van der Waals surface area (Å²) in [6, 6.07) is 6.62. The molecule has 1 fully saturated rings. The molecule has 3 nitrogen and oxygen atoms in total. The average Bonchev–Trinajstić information content (AvgIpc) is 2.78. The third-order valence-corrected chi connectivity index (χ3v) is 4.94. The molecule has 3 rings (SSSR count). The van der Waals surface area contributed by atoms with E-state index in [4.69, 9.17) is 5.73 Å². The Labute approximate surface area is 119 Å². The number of benzene rings is 1. The van der Waals surface area contributed by atoms with E-state index in [-0.39, 0.29) is 11.4 Å². The Morgan fingerprint density at radius 2 is 2.10 bits per heavy atom. The van der Waals surface area contributed by atoms with Crippen molar-refractivity contribution in [2.24, 2.45) is 16.6 Å². The van der Waals surface area contributed by atoms with Crippen LogP contribution in [0, 0.1) is 11.7 Å². The zero-order valence-electron chi connectivity index (χ0n) is 12.0. The molecule has 0 amide bonds. The Morgan fingerprint density at radius 1 is 1.35 bits per heavy atom. The van der Waals surface area contributed by atoms with Gasteiger partial charge in [-0.2, -0.15) is 0 Å². The predicted octanol–water partition coefficient (Wildman–Crippen LogP) is 3.30. The van der Waals surface area contributed by atoms with Crippen molar-refractivity contribution in [3.05, 3.63) is 30.1 Å².